The molecule has 3 rings (SSSR count). The van der Waals surface area contributed by atoms with Gasteiger partial charge in [0.15, 0.2) is 5.82 Å². The molecule has 3 amide bonds. The number of carbonyl (C=O) groups is 2. The number of aromatic nitrogens is 1. The number of nitrogens with two attached hydrogens (primary N) is 1. The third kappa shape index (κ3) is 2.65. The second-order valence-corrected chi connectivity index (χ2v) is 5.27. The van der Waals surface area contributed by atoms with E-state index in [1.807, 2.05) is 24.3 Å². The van der Waals surface area contributed by atoms with Gasteiger partial charge in [-0.25, -0.2) is 4.79 Å². The van der Waals surface area contributed by atoms with Gasteiger partial charge in [-0.3, -0.25) is 10.1 Å². The number of anilines is 1. The Balaban J connectivity index is 1.84. The predicted molar refractivity (Wildman–Crippen MR) is 78.9 cm³/mol. The van der Waals surface area contributed by atoms with Crippen LogP contribution in [0.15, 0.2) is 34.9 Å². The first-order valence-corrected chi connectivity index (χ1v) is 6.91. The Labute approximate surface area is 127 Å². The van der Waals surface area contributed by atoms with Crippen molar-refractivity contribution in [3.63, 3.8) is 0 Å². The van der Waals surface area contributed by atoms with Crippen LogP contribution in [0, 0.1) is 6.92 Å². The topological polar surface area (TPSA) is 101 Å². The van der Waals surface area contributed by atoms with Crippen molar-refractivity contribution in [1.82, 2.24) is 10.1 Å². The molecule has 1 aromatic carbocycles. The maximum atomic E-state index is 12.4. The molecule has 22 heavy (non-hydrogen) atoms. The molecule has 1 atom stereocenters. The summed E-state index contributed by atoms with van der Waals surface area (Å²) in [5, 5.41) is 6.34. The zero-order valence-electron chi connectivity index (χ0n) is 12.1. The second-order valence-electron chi connectivity index (χ2n) is 5.27. The highest BCUT2D eigenvalue weighted by molar-refractivity contribution is 5.93. The van der Waals surface area contributed by atoms with Gasteiger partial charge in [0.05, 0.1) is 0 Å². The summed E-state index contributed by atoms with van der Waals surface area (Å²) in [5.74, 6) is 0.372. The van der Waals surface area contributed by atoms with E-state index in [1.165, 1.54) is 4.90 Å². The highest BCUT2D eigenvalue weighted by Gasteiger charge is 2.33. The van der Waals surface area contributed by atoms with Gasteiger partial charge in [0.1, 0.15) is 11.8 Å². The van der Waals surface area contributed by atoms with Crippen molar-refractivity contribution < 1.29 is 14.1 Å². The van der Waals surface area contributed by atoms with E-state index in [0.717, 1.165) is 11.1 Å². The smallest absolute Gasteiger partial charge is 0.324 e. The summed E-state index contributed by atoms with van der Waals surface area (Å²) in [6, 6.07) is 8.20. The lowest BCUT2D eigenvalue weighted by atomic mass is 9.94. The van der Waals surface area contributed by atoms with Crippen LogP contribution in [0.3, 0.4) is 0 Å². The summed E-state index contributed by atoms with van der Waals surface area (Å²) in [7, 11) is 0. The van der Waals surface area contributed by atoms with Gasteiger partial charge in [-0.1, -0.05) is 29.4 Å². The molecule has 0 saturated heterocycles. The summed E-state index contributed by atoms with van der Waals surface area (Å²) < 4.78 is 4.91. The van der Waals surface area contributed by atoms with Crippen molar-refractivity contribution in [2.45, 2.75) is 25.9 Å². The molecule has 2 heterocycles. The van der Waals surface area contributed by atoms with Gasteiger partial charge < -0.3 is 15.2 Å². The summed E-state index contributed by atoms with van der Waals surface area (Å²) in [5.41, 5.74) is 7.50. The maximum Gasteiger partial charge on any atom is 0.324 e. The third-order valence-electron chi connectivity index (χ3n) is 3.70. The third-order valence-corrected chi connectivity index (χ3v) is 3.70. The van der Waals surface area contributed by atoms with Crippen LogP contribution in [0.4, 0.5) is 10.6 Å². The van der Waals surface area contributed by atoms with Crippen molar-refractivity contribution in [2.75, 3.05) is 5.32 Å². The molecular formula is C15H16N4O3. The van der Waals surface area contributed by atoms with Crippen molar-refractivity contribution in [2.24, 2.45) is 5.73 Å². The van der Waals surface area contributed by atoms with E-state index in [2.05, 4.69) is 10.5 Å². The summed E-state index contributed by atoms with van der Waals surface area (Å²) in [6.45, 7) is 2.05. The first kappa shape index (κ1) is 14.1. The zero-order valence-corrected chi connectivity index (χ0v) is 12.1. The van der Waals surface area contributed by atoms with Gasteiger partial charge in [-0.15, -0.1) is 0 Å². The molecule has 2 aromatic rings. The fourth-order valence-corrected chi connectivity index (χ4v) is 2.60. The molecule has 114 valence electrons. The zero-order chi connectivity index (χ0) is 15.7. The number of hydrogen-bond donors (Lipinski definition) is 2. The molecule has 0 spiro atoms. The highest BCUT2D eigenvalue weighted by atomic mass is 16.5. The maximum absolute atomic E-state index is 12.4. The number of nitrogens with one attached hydrogen (secondary N) is 1. The minimum Gasteiger partial charge on any atom is -0.368 e. The van der Waals surface area contributed by atoms with Crippen LogP contribution in [0.1, 0.15) is 16.9 Å². The Bertz CT molecular complexity index is 725. The lowest BCUT2D eigenvalue weighted by Crippen LogP contribution is -2.52. The lowest BCUT2D eigenvalue weighted by molar-refractivity contribution is -0.122. The number of carbonyl (C=O) groups excluding carboxylic acids is 2. The quantitative estimate of drug-likeness (QED) is 0.875. The number of aryl methyl sites for hydroxylation is 1. The van der Waals surface area contributed by atoms with Crippen LogP contribution in [0.5, 0.6) is 0 Å². The van der Waals surface area contributed by atoms with Crippen LogP contribution in [0.2, 0.25) is 0 Å². The molecule has 1 aromatic heterocycles. The summed E-state index contributed by atoms with van der Waals surface area (Å²) >= 11 is 0. The van der Waals surface area contributed by atoms with Crippen LogP contribution < -0.4 is 11.1 Å². The van der Waals surface area contributed by atoms with Crippen LogP contribution >= 0.6 is 0 Å². The molecule has 7 nitrogen and oxygen atoms in total. The van der Waals surface area contributed by atoms with Crippen LogP contribution in [0.25, 0.3) is 0 Å². The standard InChI is InChI=1S/C15H16N4O3/c1-9-6-13(18-22-9)17-15(21)19-8-11-5-3-2-4-10(11)7-12(19)14(16)20/h2-6,12H,7-8H2,1H3,(H2,16,20)(H,17,18,21)/t12-/m1/s1. The second kappa shape index (κ2) is 5.51. The van der Waals surface area contributed by atoms with Gasteiger partial charge >= 0.3 is 6.03 Å². The van der Waals surface area contributed by atoms with Gasteiger partial charge in [0.25, 0.3) is 0 Å². The molecule has 0 saturated carbocycles. The van der Waals surface area contributed by atoms with Gasteiger partial charge in [-0.05, 0) is 18.1 Å². The monoisotopic (exact) mass is 300 g/mol. The number of fused-ring (bicyclic) bond motifs is 1. The molecule has 0 fully saturated rings. The van der Waals surface area contributed by atoms with E-state index in [9.17, 15) is 9.59 Å². The van der Waals surface area contributed by atoms with E-state index in [-0.39, 0.29) is 0 Å². The number of rotatable bonds is 2. The molecule has 3 N–H and O–H groups in total. The fourth-order valence-electron chi connectivity index (χ4n) is 2.60. The molecule has 0 unspecified atom stereocenters. The first-order chi connectivity index (χ1) is 10.5. The summed E-state index contributed by atoms with van der Waals surface area (Å²) in [4.78, 5) is 25.6. The van der Waals surface area contributed by atoms with Crippen molar-refractivity contribution in [1.29, 1.82) is 0 Å². The molecule has 1 aliphatic heterocycles. The Morgan fingerprint density at radius 1 is 1.36 bits per heavy atom. The minimum absolute atomic E-state index is 0.310. The van der Waals surface area contributed by atoms with E-state index in [1.54, 1.807) is 13.0 Å². The molecule has 0 aliphatic carbocycles. The van der Waals surface area contributed by atoms with Crippen molar-refractivity contribution >= 4 is 17.8 Å². The van der Waals surface area contributed by atoms with E-state index in [4.69, 9.17) is 10.3 Å². The Morgan fingerprint density at radius 2 is 2.09 bits per heavy atom. The first-order valence-electron chi connectivity index (χ1n) is 6.91. The normalized spacial score (nSPS) is 17.0. The summed E-state index contributed by atoms with van der Waals surface area (Å²) in [6.07, 6.45) is 0.413. The molecule has 0 bridgehead atoms. The average Bonchev–Trinajstić information content (AvgIpc) is 2.90. The number of hydrogen-bond acceptors (Lipinski definition) is 4. The number of primary amides is 1. The van der Waals surface area contributed by atoms with E-state index >= 15 is 0 Å². The average molecular weight is 300 g/mol. The molecular weight excluding hydrogens is 284 g/mol. The van der Waals surface area contributed by atoms with Crippen molar-refractivity contribution in [3.8, 4) is 0 Å². The predicted octanol–water partition coefficient (Wildman–Crippen LogP) is 1.43. The van der Waals surface area contributed by atoms with E-state index < -0.39 is 18.0 Å². The Hall–Kier alpha value is -2.83. The van der Waals surface area contributed by atoms with E-state index in [0.29, 0.717) is 24.5 Å². The van der Waals surface area contributed by atoms with Gasteiger partial charge in [0, 0.05) is 19.0 Å². The van der Waals surface area contributed by atoms with Crippen LogP contribution in [-0.2, 0) is 17.8 Å². The number of nitrogens with zero attached hydrogens (tertiary/aromatic N) is 2. The largest absolute Gasteiger partial charge is 0.368 e. The van der Waals surface area contributed by atoms with Crippen LogP contribution in [-0.4, -0.2) is 28.0 Å². The Kier molecular flexibility index (Phi) is 3.54. The Morgan fingerprint density at radius 3 is 2.73 bits per heavy atom. The molecule has 1 aliphatic rings. The van der Waals surface area contributed by atoms with Gasteiger partial charge in [0.2, 0.25) is 5.91 Å². The number of amides is 3. The molecule has 0 radical (unpaired) electrons. The minimum atomic E-state index is -0.678. The SMILES string of the molecule is Cc1cc(NC(=O)N2Cc3ccccc3C[C@@H]2C(N)=O)no1. The fraction of sp³-hybridized carbons (Fsp3) is 0.267. The highest BCUT2D eigenvalue weighted by Crippen LogP contribution is 2.24. The van der Waals surface area contributed by atoms with Gasteiger partial charge in [-0.2, -0.15) is 0 Å². The number of benzene rings is 1. The molecule has 7 heteroatoms. The lowest BCUT2D eigenvalue weighted by Gasteiger charge is -2.34. The van der Waals surface area contributed by atoms with Crippen molar-refractivity contribution in [3.05, 3.63) is 47.2 Å². The number of urea groups is 1.